The van der Waals surface area contributed by atoms with Gasteiger partial charge in [0.1, 0.15) is 5.54 Å². The fourth-order valence-corrected chi connectivity index (χ4v) is 2.08. The van der Waals surface area contributed by atoms with Crippen molar-refractivity contribution in [3.05, 3.63) is 0 Å². The Morgan fingerprint density at radius 2 is 2.11 bits per heavy atom. The van der Waals surface area contributed by atoms with Crippen molar-refractivity contribution in [3.8, 4) is 0 Å². The summed E-state index contributed by atoms with van der Waals surface area (Å²) in [6.45, 7) is 5.52. The summed E-state index contributed by atoms with van der Waals surface area (Å²) in [5.74, 6) is -1.69. The van der Waals surface area contributed by atoms with Crippen molar-refractivity contribution >= 4 is 11.9 Å². The summed E-state index contributed by atoms with van der Waals surface area (Å²) in [6, 6.07) is 0. The van der Waals surface area contributed by atoms with E-state index in [1.807, 2.05) is 20.8 Å². The van der Waals surface area contributed by atoms with Gasteiger partial charge in [0, 0.05) is 18.4 Å². The number of carboxylic acids is 1. The molecular formula is C11H20N2O5. The summed E-state index contributed by atoms with van der Waals surface area (Å²) >= 11 is 0. The second kappa shape index (κ2) is 5.21. The fraction of sp³-hybridized carbons (Fsp3) is 0.818. The van der Waals surface area contributed by atoms with Gasteiger partial charge in [-0.1, -0.05) is 13.8 Å². The highest BCUT2D eigenvalue weighted by Gasteiger charge is 2.63. The van der Waals surface area contributed by atoms with Crippen molar-refractivity contribution < 1.29 is 24.3 Å². The third kappa shape index (κ3) is 2.47. The zero-order chi connectivity index (χ0) is 14.0. The van der Waals surface area contributed by atoms with Crippen molar-refractivity contribution in [2.45, 2.75) is 38.8 Å². The van der Waals surface area contributed by atoms with Gasteiger partial charge in [0.15, 0.2) is 6.61 Å². The molecule has 0 aliphatic heterocycles. The monoisotopic (exact) mass is 260 g/mol. The van der Waals surface area contributed by atoms with Gasteiger partial charge in [-0.15, -0.1) is 0 Å². The van der Waals surface area contributed by atoms with E-state index in [4.69, 9.17) is 15.6 Å². The number of rotatable bonds is 6. The average Bonchev–Trinajstić information content (AvgIpc) is 2.27. The molecule has 0 bridgehead atoms. The van der Waals surface area contributed by atoms with Gasteiger partial charge in [-0.25, -0.2) is 10.3 Å². The molecule has 0 aromatic carbocycles. The van der Waals surface area contributed by atoms with Crippen LogP contribution < -0.4 is 11.2 Å². The molecule has 1 aliphatic rings. The number of nitrogens with one attached hydrogen (secondary N) is 1. The molecule has 1 rings (SSSR count). The topological polar surface area (TPSA) is 111 Å². The van der Waals surface area contributed by atoms with Crippen LogP contribution >= 0.6 is 0 Å². The van der Waals surface area contributed by atoms with Crippen LogP contribution in [0, 0.1) is 5.41 Å². The Morgan fingerprint density at radius 1 is 1.50 bits per heavy atom. The highest BCUT2D eigenvalue weighted by Crippen LogP contribution is 2.49. The molecule has 0 radical (unpaired) electrons. The molecule has 0 saturated heterocycles. The minimum atomic E-state index is -1.17. The molecule has 1 amide bonds. The first-order valence-corrected chi connectivity index (χ1v) is 5.80. The van der Waals surface area contributed by atoms with E-state index in [0.29, 0.717) is 13.0 Å². The van der Waals surface area contributed by atoms with Crippen LogP contribution in [0.1, 0.15) is 27.2 Å². The third-order valence-electron chi connectivity index (χ3n) is 3.60. The summed E-state index contributed by atoms with van der Waals surface area (Å²) in [7, 11) is 0. The van der Waals surface area contributed by atoms with Gasteiger partial charge in [0.2, 0.25) is 0 Å². The summed E-state index contributed by atoms with van der Waals surface area (Å²) in [6.07, 6.45) is 0.300. The van der Waals surface area contributed by atoms with Crippen LogP contribution in [-0.2, 0) is 19.2 Å². The van der Waals surface area contributed by atoms with Gasteiger partial charge in [0.05, 0.1) is 6.10 Å². The van der Waals surface area contributed by atoms with E-state index in [1.165, 1.54) is 0 Å². The minimum absolute atomic E-state index is 0.0854. The van der Waals surface area contributed by atoms with Gasteiger partial charge in [-0.3, -0.25) is 9.63 Å². The van der Waals surface area contributed by atoms with E-state index in [1.54, 1.807) is 0 Å². The maximum absolute atomic E-state index is 11.9. The molecule has 4 N–H and O–H groups in total. The Balaban J connectivity index is 2.55. The van der Waals surface area contributed by atoms with Crippen LogP contribution in [0.15, 0.2) is 0 Å². The molecule has 0 heterocycles. The van der Waals surface area contributed by atoms with Crippen LogP contribution in [0.4, 0.5) is 0 Å². The van der Waals surface area contributed by atoms with E-state index in [0.717, 1.165) is 0 Å². The largest absolute Gasteiger partial charge is 0.479 e. The Labute approximate surface area is 106 Å². The van der Waals surface area contributed by atoms with E-state index in [9.17, 15) is 9.59 Å². The van der Waals surface area contributed by atoms with Gasteiger partial charge in [-0.05, 0) is 6.92 Å². The number of hydrogen-bond acceptors (Lipinski definition) is 5. The maximum Gasteiger partial charge on any atom is 0.332 e. The number of carbonyl (C=O) groups excluding carboxylic acids is 1. The number of hydrogen-bond donors (Lipinski definition) is 3. The SMILES string of the molecule is CCOC1CC(N)(C(=O)NOCC(=O)O)C1(C)C. The van der Waals surface area contributed by atoms with Crippen molar-refractivity contribution in [2.24, 2.45) is 11.1 Å². The van der Waals surface area contributed by atoms with Gasteiger partial charge >= 0.3 is 5.97 Å². The molecular weight excluding hydrogens is 240 g/mol. The minimum Gasteiger partial charge on any atom is -0.479 e. The van der Waals surface area contributed by atoms with Crippen molar-refractivity contribution in [2.75, 3.05) is 13.2 Å². The Morgan fingerprint density at radius 3 is 2.56 bits per heavy atom. The molecule has 1 saturated carbocycles. The molecule has 2 unspecified atom stereocenters. The standard InChI is InChI=1S/C11H20N2O5/c1-4-17-7-5-11(12,10(7,2)3)9(16)13-18-6-8(14)15/h7H,4-6,12H2,1-3H3,(H,13,16)(H,14,15). The molecule has 0 aromatic rings. The molecule has 18 heavy (non-hydrogen) atoms. The Bertz CT molecular complexity index is 344. The number of hydroxylamine groups is 1. The van der Waals surface area contributed by atoms with Crippen molar-refractivity contribution in [1.82, 2.24) is 5.48 Å². The van der Waals surface area contributed by atoms with E-state index in [-0.39, 0.29) is 6.10 Å². The number of carboxylic acid groups (broad SMARTS) is 1. The van der Waals surface area contributed by atoms with Crippen molar-refractivity contribution in [1.29, 1.82) is 0 Å². The maximum atomic E-state index is 11.9. The number of carbonyl (C=O) groups is 2. The van der Waals surface area contributed by atoms with Crippen LogP contribution in [0.3, 0.4) is 0 Å². The van der Waals surface area contributed by atoms with Gasteiger partial charge in [0.25, 0.3) is 5.91 Å². The van der Waals surface area contributed by atoms with E-state index in [2.05, 4.69) is 10.3 Å². The molecule has 7 heteroatoms. The van der Waals surface area contributed by atoms with E-state index < -0.39 is 29.4 Å². The lowest BCUT2D eigenvalue weighted by Gasteiger charge is -2.57. The molecule has 1 fully saturated rings. The predicted molar refractivity (Wildman–Crippen MR) is 62.5 cm³/mol. The molecule has 1 aliphatic carbocycles. The van der Waals surface area contributed by atoms with E-state index >= 15 is 0 Å². The zero-order valence-corrected chi connectivity index (χ0v) is 10.9. The average molecular weight is 260 g/mol. The summed E-state index contributed by atoms with van der Waals surface area (Å²) in [5.41, 5.74) is 6.48. The van der Waals surface area contributed by atoms with Crippen molar-refractivity contribution in [3.63, 3.8) is 0 Å². The van der Waals surface area contributed by atoms with Gasteiger partial charge < -0.3 is 15.6 Å². The summed E-state index contributed by atoms with van der Waals surface area (Å²) in [5, 5.41) is 8.39. The molecule has 0 aromatic heterocycles. The summed E-state index contributed by atoms with van der Waals surface area (Å²) in [4.78, 5) is 26.7. The molecule has 2 atom stereocenters. The molecule has 7 nitrogen and oxygen atoms in total. The number of nitrogens with two attached hydrogens (primary N) is 1. The lowest BCUT2D eigenvalue weighted by Crippen LogP contribution is -2.75. The van der Waals surface area contributed by atoms with Crippen LogP contribution in [-0.4, -0.2) is 41.8 Å². The number of amides is 1. The predicted octanol–water partition coefficient (Wildman–Crippen LogP) is -0.349. The Hall–Kier alpha value is -1.18. The Kier molecular flexibility index (Phi) is 4.31. The van der Waals surface area contributed by atoms with Crippen LogP contribution in [0.5, 0.6) is 0 Å². The lowest BCUT2D eigenvalue weighted by atomic mass is 9.54. The highest BCUT2D eigenvalue weighted by molar-refractivity contribution is 5.88. The normalized spacial score (nSPS) is 29.4. The number of aliphatic carboxylic acids is 1. The third-order valence-corrected chi connectivity index (χ3v) is 3.60. The first-order chi connectivity index (χ1) is 8.25. The second-order valence-corrected chi connectivity index (χ2v) is 4.95. The second-order valence-electron chi connectivity index (χ2n) is 4.95. The quantitative estimate of drug-likeness (QED) is 0.563. The van der Waals surface area contributed by atoms with Crippen LogP contribution in [0.2, 0.25) is 0 Å². The fourth-order valence-electron chi connectivity index (χ4n) is 2.08. The zero-order valence-electron chi connectivity index (χ0n) is 10.9. The first kappa shape index (κ1) is 14.9. The lowest BCUT2D eigenvalue weighted by molar-refractivity contribution is -0.181. The van der Waals surface area contributed by atoms with Crippen LogP contribution in [0.25, 0.3) is 0 Å². The number of ether oxygens (including phenoxy) is 1. The smallest absolute Gasteiger partial charge is 0.332 e. The van der Waals surface area contributed by atoms with Gasteiger partial charge in [-0.2, -0.15) is 0 Å². The molecule has 0 spiro atoms. The highest BCUT2D eigenvalue weighted by atomic mass is 16.7. The molecule has 104 valence electrons. The first-order valence-electron chi connectivity index (χ1n) is 5.80. The summed E-state index contributed by atoms with van der Waals surface area (Å²) < 4.78 is 5.49.